The summed E-state index contributed by atoms with van der Waals surface area (Å²) in [5.74, 6) is 2.44. The van der Waals surface area contributed by atoms with E-state index in [2.05, 4.69) is 27.5 Å². The van der Waals surface area contributed by atoms with Gasteiger partial charge < -0.3 is 10.6 Å². The van der Waals surface area contributed by atoms with Crippen molar-refractivity contribution < 1.29 is 0 Å². The molecule has 2 rings (SSSR count). The summed E-state index contributed by atoms with van der Waals surface area (Å²) in [4.78, 5) is 8.63. The predicted molar refractivity (Wildman–Crippen MR) is 62.1 cm³/mol. The van der Waals surface area contributed by atoms with Crippen LogP contribution in [0.1, 0.15) is 25.5 Å². The van der Waals surface area contributed by atoms with Crippen LogP contribution in [0, 0.1) is 12.8 Å². The molecule has 0 spiro atoms. The molecule has 1 saturated carbocycles. The Morgan fingerprint density at radius 3 is 2.73 bits per heavy atom. The van der Waals surface area contributed by atoms with Gasteiger partial charge in [0, 0.05) is 24.8 Å². The highest BCUT2D eigenvalue weighted by Crippen LogP contribution is 2.33. The average Bonchev–Trinajstić information content (AvgIpc) is 2.99. The zero-order valence-electron chi connectivity index (χ0n) is 9.54. The Morgan fingerprint density at radius 2 is 2.13 bits per heavy atom. The van der Waals surface area contributed by atoms with E-state index in [1.807, 2.05) is 20.0 Å². The Morgan fingerprint density at radius 1 is 1.40 bits per heavy atom. The van der Waals surface area contributed by atoms with E-state index in [1.54, 1.807) is 0 Å². The van der Waals surface area contributed by atoms with Gasteiger partial charge in [0.15, 0.2) is 0 Å². The molecule has 1 atom stereocenters. The molecule has 1 aliphatic rings. The Bertz CT molecular complexity index is 346. The molecule has 82 valence electrons. The molecule has 15 heavy (non-hydrogen) atoms. The first kappa shape index (κ1) is 10.2. The number of hydrogen-bond donors (Lipinski definition) is 2. The van der Waals surface area contributed by atoms with Gasteiger partial charge in [0.05, 0.1) is 0 Å². The summed E-state index contributed by atoms with van der Waals surface area (Å²) in [6, 6.07) is 2.50. The van der Waals surface area contributed by atoms with Crippen LogP contribution in [0.2, 0.25) is 0 Å². The molecule has 1 aromatic heterocycles. The van der Waals surface area contributed by atoms with Crippen molar-refractivity contribution in [3.8, 4) is 0 Å². The number of aromatic nitrogens is 2. The van der Waals surface area contributed by atoms with Gasteiger partial charge in [0.25, 0.3) is 0 Å². The number of aryl methyl sites for hydroxylation is 1. The number of nitrogens with one attached hydrogen (secondary N) is 2. The zero-order chi connectivity index (χ0) is 10.8. The van der Waals surface area contributed by atoms with E-state index >= 15 is 0 Å². The fourth-order valence-corrected chi connectivity index (χ4v) is 1.70. The third-order valence-corrected chi connectivity index (χ3v) is 2.78. The molecular formula is C11H18N4. The van der Waals surface area contributed by atoms with E-state index in [1.165, 1.54) is 12.8 Å². The van der Waals surface area contributed by atoms with E-state index in [0.29, 0.717) is 12.0 Å². The molecule has 0 radical (unpaired) electrons. The molecule has 4 heteroatoms. The average molecular weight is 206 g/mol. The van der Waals surface area contributed by atoms with Gasteiger partial charge >= 0.3 is 0 Å². The first-order chi connectivity index (χ1) is 7.19. The highest BCUT2D eigenvalue weighted by molar-refractivity contribution is 5.42. The molecule has 1 heterocycles. The van der Waals surface area contributed by atoms with E-state index in [-0.39, 0.29) is 0 Å². The summed E-state index contributed by atoms with van der Waals surface area (Å²) in [6.07, 6.45) is 2.69. The largest absolute Gasteiger partial charge is 0.367 e. The van der Waals surface area contributed by atoms with Crippen LogP contribution in [0.15, 0.2) is 6.07 Å². The van der Waals surface area contributed by atoms with Crippen molar-refractivity contribution in [2.45, 2.75) is 32.7 Å². The molecule has 4 nitrogen and oxygen atoms in total. The van der Waals surface area contributed by atoms with Crippen molar-refractivity contribution in [1.82, 2.24) is 9.97 Å². The second-order valence-electron chi connectivity index (χ2n) is 4.24. The topological polar surface area (TPSA) is 49.8 Å². The minimum absolute atomic E-state index is 0.518. The maximum Gasteiger partial charge on any atom is 0.224 e. The monoisotopic (exact) mass is 206 g/mol. The standard InChI is InChI=1S/C11H18N4/c1-7-6-10(15-11(12-3)13-7)14-8(2)9-4-5-9/h6,8-9H,4-5H2,1-3H3,(H2,12,13,14,15). The lowest BCUT2D eigenvalue weighted by atomic mass is 10.2. The van der Waals surface area contributed by atoms with Crippen molar-refractivity contribution in [3.05, 3.63) is 11.8 Å². The lowest BCUT2D eigenvalue weighted by Crippen LogP contribution is -2.18. The minimum atomic E-state index is 0.518. The Hall–Kier alpha value is -1.32. The van der Waals surface area contributed by atoms with Gasteiger partial charge in [-0.15, -0.1) is 0 Å². The number of hydrogen-bond acceptors (Lipinski definition) is 4. The molecule has 2 N–H and O–H groups in total. The van der Waals surface area contributed by atoms with Crippen LogP contribution >= 0.6 is 0 Å². The maximum absolute atomic E-state index is 4.37. The van der Waals surface area contributed by atoms with Crippen molar-refractivity contribution >= 4 is 11.8 Å². The molecule has 0 bridgehead atoms. The fraction of sp³-hybridized carbons (Fsp3) is 0.636. The molecule has 1 aromatic rings. The van der Waals surface area contributed by atoms with Gasteiger partial charge in [0.2, 0.25) is 5.95 Å². The van der Waals surface area contributed by atoms with Crippen LogP contribution < -0.4 is 10.6 Å². The highest BCUT2D eigenvalue weighted by atomic mass is 15.1. The van der Waals surface area contributed by atoms with Crippen LogP contribution in [-0.2, 0) is 0 Å². The van der Waals surface area contributed by atoms with Gasteiger partial charge in [-0.05, 0) is 32.6 Å². The van der Waals surface area contributed by atoms with Crippen LogP contribution in [-0.4, -0.2) is 23.1 Å². The molecule has 1 aliphatic carbocycles. The number of anilines is 2. The second-order valence-corrected chi connectivity index (χ2v) is 4.24. The minimum Gasteiger partial charge on any atom is -0.367 e. The van der Waals surface area contributed by atoms with E-state index in [0.717, 1.165) is 17.4 Å². The van der Waals surface area contributed by atoms with Crippen molar-refractivity contribution in [1.29, 1.82) is 0 Å². The molecule has 1 unspecified atom stereocenters. The summed E-state index contributed by atoms with van der Waals surface area (Å²) < 4.78 is 0. The first-order valence-electron chi connectivity index (χ1n) is 5.49. The summed E-state index contributed by atoms with van der Waals surface area (Å²) in [6.45, 7) is 4.20. The van der Waals surface area contributed by atoms with Gasteiger partial charge in [-0.25, -0.2) is 4.98 Å². The maximum atomic E-state index is 4.37. The third-order valence-electron chi connectivity index (χ3n) is 2.78. The Labute approximate surface area is 90.5 Å². The first-order valence-corrected chi connectivity index (χ1v) is 5.49. The van der Waals surface area contributed by atoms with Crippen LogP contribution in [0.25, 0.3) is 0 Å². The van der Waals surface area contributed by atoms with Crippen LogP contribution in [0.3, 0.4) is 0 Å². The van der Waals surface area contributed by atoms with Crippen molar-refractivity contribution in [2.24, 2.45) is 5.92 Å². The second kappa shape index (κ2) is 4.04. The summed E-state index contributed by atoms with van der Waals surface area (Å²) in [5, 5.41) is 6.39. The van der Waals surface area contributed by atoms with E-state index < -0.39 is 0 Å². The van der Waals surface area contributed by atoms with Gasteiger partial charge in [-0.2, -0.15) is 4.98 Å². The zero-order valence-corrected chi connectivity index (χ0v) is 9.54. The lowest BCUT2D eigenvalue weighted by Gasteiger charge is -2.14. The summed E-state index contributed by atoms with van der Waals surface area (Å²) in [7, 11) is 1.84. The smallest absolute Gasteiger partial charge is 0.224 e. The van der Waals surface area contributed by atoms with Gasteiger partial charge in [0.1, 0.15) is 5.82 Å². The molecule has 0 aromatic carbocycles. The normalized spacial score (nSPS) is 17.3. The van der Waals surface area contributed by atoms with Crippen LogP contribution in [0.4, 0.5) is 11.8 Å². The predicted octanol–water partition coefficient (Wildman–Crippen LogP) is 2.04. The third kappa shape index (κ3) is 2.58. The SMILES string of the molecule is CNc1nc(C)cc(NC(C)C2CC2)n1. The Kier molecular flexibility index (Phi) is 2.75. The van der Waals surface area contributed by atoms with E-state index in [4.69, 9.17) is 0 Å². The quantitative estimate of drug-likeness (QED) is 0.791. The molecular weight excluding hydrogens is 188 g/mol. The van der Waals surface area contributed by atoms with Gasteiger partial charge in [-0.3, -0.25) is 0 Å². The number of rotatable bonds is 4. The lowest BCUT2D eigenvalue weighted by molar-refractivity contribution is 0.690. The fourth-order valence-electron chi connectivity index (χ4n) is 1.70. The summed E-state index contributed by atoms with van der Waals surface area (Å²) in [5.41, 5.74) is 0.986. The molecule has 1 fully saturated rings. The molecule has 0 aliphatic heterocycles. The van der Waals surface area contributed by atoms with Crippen molar-refractivity contribution in [2.75, 3.05) is 17.7 Å². The summed E-state index contributed by atoms with van der Waals surface area (Å²) >= 11 is 0. The molecule has 0 amide bonds. The number of nitrogens with zero attached hydrogens (tertiary/aromatic N) is 2. The van der Waals surface area contributed by atoms with Crippen molar-refractivity contribution in [3.63, 3.8) is 0 Å². The molecule has 0 saturated heterocycles. The van der Waals surface area contributed by atoms with E-state index in [9.17, 15) is 0 Å². The highest BCUT2D eigenvalue weighted by Gasteiger charge is 2.28. The van der Waals surface area contributed by atoms with Gasteiger partial charge in [-0.1, -0.05) is 0 Å². The Balaban J connectivity index is 2.08. The van der Waals surface area contributed by atoms with Crippen LogP contribution in [0.5, 0.6) is 0 Å².